The van der Waals surface area contributed by atoms with Gasteiger partial charge in [-0.3, -0.25) is 4.79 Å². The number of hydrogen-bond donors (Lipinski definition) is 0. The third kappa shape index (κ3) is 3.11. The van der Waals surface area contributed by atoms with Gasteiger partial charge in [0.05, 0.1) is 12.7 Å². The molecule has 0 saturated heterocycles. The molecule has 1 atom stereocenters. The van der Waals surface area contributed by atoms with Gasteiger partial charge in [-0.15, -0.1) is 0 Å². The summed E-state index contributed by atoms with van der Waals surface area (Å²) in [4.78, 5) is 27.9. The monoisotopic (exact) mass is 391 g/mol. The van der Waals surface area contributed by atoms with Crippen LogP contribution in [0.25, 0.3) is 11.0 Å². The molecule has 0 fully saturated rings. The maximum absolute atomic E-state index is 13.0. The molecule has 1 aliphatic heterocycles. The SMILES string of the molecule is COc1ccccc1C(=O)c1cc2cc3c(cc2oc1=O)N(C)C(C)(C)C[C@@H]3C. The van der Waals surface area contributed by atoms with Gasteiger partial charge in [-0.1, -0.05) is 19.1 Å². The fraction of sp³-hybridized carbons (Fsp3) is 0.333. The number of ketones is 1. The summed E-state index contributed by atoms with van der Waals surface area (Å²) >= 11 is 0. The average molecular weight is 391 g/mol. The molecule has 29 heavy (non-hydrogen) atoms. The van der Waals surface area contributed by atoms with E-state index in [4.69, 9.17) is 9.15 Å². The Morgan fingerprint density at radius 2 is 1.90 bits per heavy atom. The molecule has 3 aromatic rings. The maximum atomic E-state index is 13.0. The predicted molar refractivity (Wildman–Crippen MR) is 114 cm³/mol. The molecule has 2 aromatic carbocycles. The number of hydrogen-bond acceptors (Lipinski definition) is 5. The third-order valence-corrected chi connectivity index (χ3v) is 6.08. The second-order valence-corrected chi connectivity index (χ2v) is 8.40. The molecular formula is C24H25NO4. The number of methoxy groups -OCH3 is 1. The van der Waals surface area contributed by atoms with Crippen LogP contribution in [0.15, 0.2) is 51.7 Å². The Morgan fingerprint density at radius 1 is 1.17 bits per heavy atom. The molecule has 4 rings (SSSR count). The first kappa shape index (κ1) is 19.2. The lowest BCUT2D eigenvalue weighted by atomic mass is 9.80. The fourth-order valence-electron chi connectivity index (χ4n) is 4.32. The number of ether oxygens (including phenoxy) is 1. The van der Waals surface area contributed by atoms with Gasteiger partial charge in [0.1, 0.15) is 16.9 Å². The van der Waals surface area contributed by atoms with Gasteiger partial charge in [0.25, 0.3) is 0 Å². The maximum Gasteiger partial charge on any atom is 0.347 e. The van der Waals surface area contributed by atoms with Crippen LogP contribution in [-0.2, 0) is 0 Å². The van der Waals surface area contributed by atoms with Crippen molar-refractivity contribution in [1.82, 2.24) is 0 Å². The first-order chi connectivity index (χ1) is 13.7. The molecule has 0 bridgehead atoms. The molecule has 1 aromatic heterocycles. The van der Waals surface area contributed by atoms with E-state index in [1.165, 1.54) is 12.7 Å². The highest BCUT2D eigenvalue weighted by molar-refractivity contribution is 6.11. The number of benzene rings is 2. The van der Waals surface area contributed by atoms with Crippen LogP contribution in [0.1, 0.15) is 54.6 Å². The molecule has 1 aliphatic rings. The van der Waals surface area contributed by atoms with Crippen LogP contribution in [0.5, 0.6) is 5.75 Å². The number of carbonyl (C=O) groups is 1. The van der Waals surface area contributed by atoms with E-state index < -0.39 is 11.4 Å². The van der Waals surface area contributed by atoms with Gasteiger partial charge < -0.3 is 14.1 Å². The summed E-state index contributed by atoms with van der Waals surface area (Å²) in [5.74, 6) is 0.392. The molecule has 0 spiro atoms. The minimum absolute atomic E-state index is 0.0131. The van der Waals surface area contributed by atoms with E-state index in [-0.39, 0.29) is 11.1 Å². The zero-order valence-electron chi connectivity index (χ0n) is 17.4. The molecular weight excluding hydrogens is 366 g/mol. The number of anilines is 1. The number of carbonyl (C=O) groups excluding carboxylic acids is 1. The molecule has 0 saturated carbocycles. The lowest BCUT2D eigenvalue weighted by Gasteiger charge is -2.45. The zero-order valence-corrected chi connectivity index (χ0v) is 17.4. The summed E-state index contributed by atoms with van der Waals surface area (Å²) in [7, 11) is 3.56. The van der Waals surface area contributed by atoms with E-state index in [2.05, 4.69) is 32.7 Å². The summed E-state index contributed by atoms with van der Waals surface area (Å²) in [6.45, 7) is 6.63. The lowest BCUT2D eigenvalue weighted by molar-refractivity contribution is 0.103. The molecule has 0 amide bonds. The van der Waals surface area contributed by atoms with Gasteiger partial charge >= 0.3 is 5.63 Å². The van der Waals surface area contributed by atoms with Crippen LogP contribution in [0.2, 0.25) is 0 Å². The topological polar surface area (TPSA) is 59.8 Å². The zero-order chi connectivity index (χ0) is 20.9. The summed E-state index contributed by atoms with van der Waals surface area (Å²) in [5.41, 5.74) is 2.48. The molecule has 2 heterocycles. The molecule has 150 valence electrons. The van der Waals surface area contributed by atoms with Crippen LogP contribution >= 0.6 is 0 Å². The summed E-state index contributed by atoms with van der Waals surface area (Å²) in [5, 5.41) is 0.751. The Balaban J connectivity index is 1.87. The van der Waals surface area contributed by atoms with Gasteiger partial charge in [0, 0.05) is 29.7 Å². The Bertz CT molecular complexity index is 1180. The molecule has 0 radical (unpaired) electrons. The minimum atomic E-state index is -0.640. The Kier molecular flexibility index (Phi) is 4.49. The van der Waals surface area contributed by atoms with E-state index >= 15 is 0 Å². The Hall–Kier alpha value is -3.08. The molecule has 5 nitrogen and oxygen atoms in total. The third-order valence-electron chi connectivity index (χ3n) is 6.08. The number of nitrogens with zero attached hydrogens (tertiary/aromatic N) is 1. The minimum Gasteiger partial charge on any atom is -0.496 e. The highest BCUT2D eigenvalue weighted by Crippen LogP contribution is 2.43. The van der Waals surface area contributed by atoms with Crippen LogP contribution < -0.4 is 15.3 Å². The van der Waals surface area contributed by atoms with Gasteiger partial charge in [-0.05, 0) is 56.0 Å². The van der Waals surface area contributed by atoms with E-state index in [0.29, 0.717) is 22.8 Å². The van der Waals surface area contributed by atoms with Crippen molar-refractivity contribution in [3.8, 4) is 5.75 Å². The van der Waals surface area contributed by atoms with Gasteiger partial charge in [0.15, 0.2) is 0 Å². The largest absolute Gasteiger partial charge is 0.496 e. The Labute approximate surface area is 169 Å². The molecule has 0 unspecified atom stereocenters. The first-order valence-corrected chi connectivity index (χ1v) is 9.76. The number of rotatable bonds is 3. The standard InChI is InChI=1S/C24H25NO4/c1-14-13-24(2,3)25(4)19-12-21-15(10-17(14)19)11-18(23(27)29-21)22(26)16-8-6-7-9-20(16)28-5/h6-12,14H,13H2,1-5H3/t14-/m0/s1. The number of para-hydroxylation sites is 1. The summed E-state index contributed by atoms with van der Waals surface area (Å²) < 4.78 is 10.9. The van der Waals surface area contributed by atoms with E-state index in [1.54, 1.807) is 30.3 Å². The van der Waals surface area contributed by atoms with Crippen LogP contribution in [0, 0.1) is 0 Å². The molecule has 0 aliphatic carbocycles. The van der Waals surface area contributed by atoms with Gasteiger partial charge in [-0.2, -0.15) is 0 Å². The van der Waals surface area contributed by atoms with Crippen molar-refractivity contribution in [2.45, 2.75) is 38.6 Å². The second kappa shape index (κ2) is 6.76. The summed E-state index contributed by atoms with van der Waals surface area (Å²) in [6.07, 6.45) is 1.02. The van der Waals surface area contributed by atoms with Gasteiger partial charge in [0.2, 0.25) is 5.78 Å². The van der Waals surface area contributed by atoms with Crippen molar-refractivity contribution in [2.75, 3.05) is 19.1 Å². The quantitative estimate of drug-likeness (QED) is 0.476. The van der Waals surface area contributed by atoms with Crippen molar-refractivity contribution in [3.63, 3.8) is 0 Å². The highest BCUT2D eigenvalue weighted by atomic mass is 16.5. The fourth-order valence-corrected chi connectivity index (χ4v) is 4.32. The highest BCUT2D eigenvalue weighted by Gasteiger charge is 2.34. The van der Waals surface area contributed by atoms with Crippen molar-refractivity contribution < 1.29 is 13.9 Å². The lowest BCUT2D eigenvalue weighted by Crippen LogP contribution is -2.45. The van der Waals surface area contributed by atoms with Crippen LogP contribution in [-0.4, -0.2) is 25.5 Å². The summed E-state index contributed by atoms with van der Waals surface area (Å²) in [6, 6.07) is 12.5. The van der Waals surface area contributed by atoms with Crippen LogP contribution in [0.3, 0.4) is 0 Å². The smallest absolute Gasteiger partial charge is 0.347 e. The first-order valence-electron chi connectivity index (χ1n) is 9.76. The van der Waals surface area contributed by atoms with Crippen molar-refractivity contribution in [1.29, 1.82) is 0 Å². The second-order valence-electron chi connectivity index (χ2n) is 8.40. The van der Waals surface area contributed by atoms with Crippen molar-refractivity contribution in [2.24, 2.45) is 0 Å². The number of fused-ring (bicyclic) bond motifs is 2. The van der Waals surface area contributed by atoms with Crippen molar-refractivity contribution in [3.05, 3.63) is 69.6 Å². The van der Waals surface area contributed by atoms with Crippen molar-refractivity contribution >= 4 is 22.4 Å². The van der Waals surface area contributed by atoms with E-state index in [9.17, 15) is 9.59 Å². The molecule has 0 N–H and O–H groups in total. The van der Waals surface area contributed by atoms with Crippen LogP contribution in [0.4, 0.5) is 5.69 Å². The van der Waals surface area contributed by atoms with E-state index in [1.807, 2.05) is 12.1 Å². The average Bonchev–Trinajstić information content (AvgIpc) is 2.70. The normalized spacial score (nSPS) is 17.8. The van der Waals surface area contributed by atoms with E-state index in [0.717, 1.165) is 17.5 Å². The van der Waals surface area contributed by atoms with Gasteiger partial charge in [-0.25, -0.2) is 4.79 Å². The predicted octanol–water partition coefficient (Wildman–Crippen LogP) is 4.75. The molecule has 5 heteroatoms. The Morgan fingerprint density at radius 3 is 2.62 bits per heavy atom.